The van der Waals surface area contributed by atoms with Crippen molar-refractivity contribution in [1.29, 1.82) is 0 Å². The fourth-order valence-electron chi connectivity index (χ4n) is 3.23. The summed E-state index contributed by atoms with van der Waals surface area (Å²) in [5.41, 5.74) is 1.57. The minimum absolute atomic E-state index is 0.140. The summed E-state index contributed by atoms with van der Waals surface area (Å²) in [6.45, 7) is 9.81. The van der Waals surface area contributed by atoms with Crippen LogP contribution in [0.5, 0.6) is 11.5 Å². The Bertz CT molecular complexity index is 872. The molecule has 0 saturated carbocycles. The number of amides is 2. The summed E-state index contributed by atoms with van der Waals surface area (Å²) in [5, 5.41) is 3.00. The number of hydrogen-bond acceptors (Lipinski definition) is 4. The summed E-state index contributed by atoms with van der Waals surface area (Å²) in [7, 11) is 1.61. The van der Waals surface area contributed by atoms with Crippen LogP contribution in [0.15, 0.2) is 48.5 Å². The number of carbonyl (C=O) groups excluding carboxylic acids is 2. The van der Waals surface area contributed by atoms with Crippen molar-refractivity contribution < 1.29 is 19.1 Å². The molecule has 0 aliphatic carbocycles. The smallest absolute Gasteiger partial charge is 0.261 e. The van der Waals surface area contributed by atoms with Gasteiger partial charge in [0.25, 0.3) is 5.91 Å². The topological polar surface area (TPSA) is 67.9 Å². The van der Waals surface area contributed by atoms with Gasteiger partial charge in [-0.05, 0) is 69.5 Å². The number of benzene rings is 2. The molecule has 6 nitrogen and oxygen atoms in total. The van der Waals surface area contributed by atoms with E-state index in [4.69, 9.17) is 9.47 Å². The van der Waals surface area contributed by atoms with Gasteiger partial charge in [-0.25, -0.2) is 0 Å². The van der Waals surface area contributed by atoms with Crippen LogP contribution in [0.1, 0.15) is 45.2 Å². The third-order valence-corrected chi connectivity index (χ3v) is 4.75. The second-order valence-corrected chi connectivity index (χ2v) is 8.64. The van der Waals surface area contributed by atoms with Crippen LogP contribution in [0.3, 0.4) is 0 Å². The van der Waals surface area contributed by atoms with Crippen LogP contribution in [0.2, 0.25) is 0 Å². The number of hydrogen-bond donors (Lipinski definition) is 1. The number of rotatable bonds is 9. The lowest BCUT2D eigenvalue weighted by Gasteiger charge is -2.33. The molecule has 0 bridgehead atoms. The van der Waals surface area contributed by atoms with Crippen molar-refractivity contribution in [3.05, 3.63) is 59.7 Å². The lowest BCUT2D eigenvalue weighted by molar-refractivity contribution is -0.143. The highest BCUT2D eigenvalue weighted by Gasteiger charge is 2.30. The van der Waals surface area contributed by atoms with Gasteiger partial charge in [0.1, 0.15) is 17.5 Å². The molecule has 0 radical (unpaired) electrons. The molecule has 0 saturated heterocycles. The zero-order chi connectivity index (χ0) is 23.0. The highest BCUT2D eigenvalue weighted by molar-refractivity contribution is 5.88. The fraction of sp³-hybridized carbons (Fsp3) is 0.440. The van der Waals surface area contributed by atoms with Crippen molar-refractivity contribution in [2.24, 2.45) is 0 Å². The minimum Gasteiger partial charge on any atom is -0.497 e. The first-order valence-corrected chi connectivity index (χ1v) is 10.6. The van der Waals surface area contributed by atoms with Crippen LogP contribution in [0.25, 0.3) is 0 Å². The molecule has 0 aliphatic rings. The molecule has 0 heterocycles. The predicted octanol–water partition coefficient (Wildman–Crippen LogP) is 4.10. The molecule has 0 fully saturated rings. The quantitative estimate of drug-likeness (QED) is 0.655. The molecule has 31 heavy (non-hydrogen) atoms. The molecule has 0 aliphatic heterocycles. The van der Waals surface area contributed by atoms with E-state index in [2.05, 4.69) is 5.32 Å². The summed E-state index contributed by atoms with van der Waals surface area (Å²) in [6, 6.07) is 14.4. The van der Waals surface area contributed by atoms with Crippen molar-refractivity contribution in [1.82, 2.24) is 10.2 Å². The summed E-state index contributed by atoms with van der Waals surface area (Å²) in [5.74, 6) is 0.951. The van der Waals surface area contributed by atoms with Crippen LogP contribution in [-0.2, 0) is 16.1 Å². The zero-order valence-electron chi connectivity index (χ0n) is 19.4. The van der Waals surface area contributed by atoms with Crippen molar-refractivity contribution >= 4 is 11.8 Å². The first kappa shape index (κ1) is 24.3. The Morgan fingerprint density at radius 1 is 1.06 bits per heavy atom. The molecule has 6 heteroatoms. The van der Waals surface area contributed by atoms with Crippen molar-refractivity contribution in [3.8, 4) is 11.5 Å². The second-order valence-electron chi connectivity index (χ2n) is 8.64. The largest absolute Gasteiger partial charge is 0.497 e. The summed E-state index contributed by atoms with van der Waals surface area (Å²) < 4.78 is 11.0. The van der Waals surface area contributed by atoms with Crippen LogP contribution in [0, 0.1) is 6.92 Å². The number of methoxy groups -OCH3 is 1. The predicted molar refractivity (Wildman–Crippen MR) is 122 cm³/mol. The highest BCUT2D eigenvalue weighted by atomic mass is 16.5. The molecule has 2 amide bonds. The van der Waals surface area contributed by atoms with E-state index >= 15 is 0 Å². The number of aryl methyl sites for hydroxylation is 1. The number of nitrogens with one attached hydrogen (secondary N) is 1. The van der Waals surface area contributed by atoms with Gasteiger partial charge in [0, 0.05) is 12.1 Å². The number of ether oxygens (including phenoxy) is 2. The molecule has 168 valence electrons. The molecule has 1 N–H and O–H groups in total. The van der Waals surface area contributed by atoms with Crippen LogP contribution < -0.4 is 14.8 Å². The Hall–Kier alpha value is -3.02. The molecule has 2 aromatic rings. The summed E-state index contributed by atoms with van der Waals surface area (Å²) in [4.78, 5) is 27.8. The molecule has 0 spiro atoms. The van der Waals surface area contributed by atoms with Gasteiger partial charge < -0.3 is 19.7 Å². The normalized spacial score (nSPS) is 12.1. The first-order chi connectivity index (χ1) is 14.6. The number of carbonyl (C=O) groups is 2. The van der Waals surface area contributed by atoms with E-state index < -0.39 is 11.6 Å². The summed E-state index contributed by atoms with van der Waals surface area (Å²) in [6.07, 6.45) is 0.494. The lowest BCUT2D eigenvalue weighted by Crippen LogP contribution is -2.54. The monoisotopic (exact) mass is 426 g/mol. The average molecular weight is 427 g/mol. The van der Waals surface area contributed by atoms with E-state index in [1.807, 2.05) is 83.1 Å². The molecular formula is C25H34N2O4. The van der Waals surface area contributed by atoms with Crippen LogP contribution >= 0.6 is 0 Å². The second kappa shape index (κ2) is 10.8. The Morgan fingerprint density at radius 3 is 2.29 bits per heavy atom. The molecule has 0 aromatic heterocycles. The van der Waals surface area contributed by atoms with Gasteiger partial charge in [-0.1, -0.05) is 31.2 Å². The zero-order valence-corrected chi connectivity index (χ0v) is 19.4. The standard InChI is InChI=1S/C25H34N2O4/c1-7-22(24(29)26-25(3,4)5)27(16-19-11-13-20(30-6)14-12-19)23(28)17-31-21-10-8-9-18(2)15-21/h8-15,22H,7,16-17H2,1-6H3,(H,26,29). The van der Waals surface area contributed by atoms with Gasteiger partial charge in [0.15, 0.2) is 6.61 Å². The van der Waals surface area contributed by atoms with Crippen molar-refractivity contribution in [2.75, 3.05) is 13.7 Å². The Morgan fingerprint density at radius 2 is 1.74 bits per heavy atom. The van der Waals surface area contributed by atoms with E-state index in [1.54, 1.807) is 12.0 Å². The lowest BCUT2D eigenvalue weighted by atomic mass is 10.1. The maximum Gasteiger partial charge on any atom is 0.261 e. The third-order valence-electron chi connectivity index (χ3n) is 4.75. The molecular weight excluding hydrogens is 392 g/mol. The van der Waals surface area contributed by atoms with Gasteiger partial charge in [-0.3, -0.25) is 9.59 Å². The van der Waals surface area contributed by atoms with Gasteiger partial charge in [0.05, 0.1) is 7.11 Å². The maximum absolute atomic E-state index is 13.2. The van der Waals surface area contributed by atoms with E-state index in [1.165, 1.54) is 0 Å². The Balaban J connectivity index is 2.23. The minimum atomic E-state index is -0.602. The van der Waals surface area contributed by atoms with Gasteiger partial charge in [0.2, 0.25) is 5.91 Å². The van der Waals surface area contributed by atoms with Crippen molar-refractivity contribution in [2.45, 2.75) is 59.2 Å². The van der Waals surface area contributed by atoms with Crippen LogP contribution in [0.4, 0.5) is 0 Å². The van der Waals surface area contributed by atoms with Crippen molar-refractivity contribution in [3.63, 3.8) is 0 Å². The molecule has 2 aromatic carbocycles. The molecule has 1 unspecified atom stereocenters. The van der Waals surface area contributed by atoms with E-state index in [0.29, 0.717) is 18.7 Å². The molecule has 2 rings (SSSR count). The summed E-state index contributed by atoms with van der Waals surface area (Å²) >= 11 is 0. The third kappa shape index (κ3) is 7.63. The van der Waals surface area contributed by atoms with E-state index in [0.717, 1.165) is 16.9 Å². The first-order valence-electron chi connectivity index (χ1n) is 10.6. The van der Waals surface area contributed by atoms with Gasteiger partial charge >= 0.3 is 0 Å². The highest BCUT2D eigenvalue weighted by Crippen LogP contribution is 2.18. The van der Waals surface area contributed by atoms with Crippen LogP contribution in [-0.4, -0.2) is 42.0 Å². The molecule has 1 atom stereocenters. The SMILES string of the molecule is CCC(C(=O)NC(C)(C)C)N(Cc1ccc(OC)cc1)C(=O)COc1cccc(C)c1. The Kier molecular flexibility index (Phi) is 8.48. The van der Waals surface area contributed by atoms with Gasteiger partial charge in [-0.2, -0.15) is 0 Å². The van der Waals surface area contributed by atoms with E-state index in [-0.39, 0.29) is 18.4 Å². The maximum atomic E-state index is 13.2. The Labute approximate surface area is 185 Å². The van der Waals surface area contributed by atoms with Gasteiger partial charge in [-0.15, -0.1) is 0 Å². The number of nitrogens with zero attached hydrogens (tertiary/aromatic N) is 1. The average Bonchev–Trinajstić information content (AvgIpc) is 2.71. The van der Waals surface area contributed by atoms with E-state index in [9.17, 15) is 9.59 Å². The fourth-order valence-corrected chi connectivity index (χ4v) is 3.23.